The topological polar surface area (TPSA) is 143 Å². The van der Waals surface area contributed by atoms with Crippen molar-refractivity contribution in [3.8, 4) is 0 Å². The van der Waals surface area contributed by atoms with Gasteiger partial charge in [-0.3, -0.25) is 9.59 Å². The molecule has 1 fully saturated rings. The second-order valence-corrected chi connectivity index (χ2v) is 10.2. The minimum atomic E-state index is -0.620. The Kier molecular flexibility index (Phi) is 9.84. The number of rotatable bonds is 10. The highest BCUT2D eigenvalue weighted by molar-refractivity contribution is 5.88. The number of primary amides is 2. The maximum absolute atomic E-state index is 11.8. The van der Waals surface area contributed by atoms with Gasteiger partial charge in [-0.1, -0.05) is 84.9 Å². The highest BCUT2D eigenvalue weighted by atomic mass is 16.7. The molecule has 0 bridgehead atoms. The van der Waals surface area contributed by atoms with Crippen molar-refractivity contribution in [3.05, 3.63) is 96.1 Å². The molecule has 1 heterocycles. The Balaban J connectivity index is 0.000000201. The van der Waals surface area contributed by atoms with Crippen LogP contribution in [0.4, 0.5) is 0 Å². The molecule has 1 saturated heterocycles. The minimum absolute atomic E-state index is 0.346. The van der Waals surface area contributed by atoms with Crippen LogP contribution in [0.25, 0.3) is 21.5 Å². The van der Waals surface area contributed by atoms with E-state index in [2.05, 4.69) is 23.5 Å². The lowest BCUT2D eigenvalue weighted by atomic mass is 9.98. The lowest BCUT2D eigenvalue weighted by Gasteiger charge is -2.24. The van der Waals surface area contributed by atoms with Crippen LogP contribution in [0.5, 0.6) is 0 Å². The zero-order valence-electron chi connectivity index (χ0n) is 22.8. The van der Waals surface area contributed by atoms with Gasteiger partial charge in [-0.25, -0.2) is 0 Å². The molecular formula is C32H38N4O4. The molecular weight excluding hydrogens is 504 g/mol. The van der Waals surface area contributed by atoms with Crippen molar-refractivity contribution in [2.24, 2.45) is 17.2 Å². The summed E-state index contributed by atoms with van der Waals surface area (Å²) in [5, 5.41) is 7.85. The predicted octanol–water partition coefficient (Wildman–Crippen LogP) is 3.17. The SMILES string of the molecule is CC1(CCNC(Cc2cccc3ccccc23)C(N)=O)OCCO1.NC(=O)C(N)Cc1cccc2ccccc12. The molecule has 210 valence electrons. The third-order valence-corrected chi connectivity index (χ3v) is 7.20. The molecule has 0 aromatic heterocycles. The third kappa shape index (κ3) is 7.64. The summed E-state index contributed by atoms with van der Waals surface area (Å²) < 4.78 is 11.2. The molecule has 1 aliphatic heterocycles. The van der Waals surface area contributed by atoms with Gasteiger partial charge < -0.3 is 32.0 Å². The highest BCUT2D eigenvalue weighted by Gasteiger charge is 2.30. The maximum atomic E-state index is 11.8. The summed E-state index contributed by atoms with van der Waals surface area (Å²) in [7, 11) is 0. The summed E-state index contributed by atoms with van der Waals surface area (Å²) in [5.74, 6) is -1.37. The number of carbonyl (C=O) groups excluding carboxylic acids is 2. The van der Waals surface area contributed by atoms with Crippen molar-refractivity contribution in [1.82, 2.24) is 5.32 Å². The van der Waals surface area contributed by atoms with E-state index in [1.165, 1.54) is 5.39 Å². The summed E-state index contributed by atoms with van der Waals surface area (Å²) in [6, 6.07) is 27.3. The molecule has 7 N–H and O–H groups in total. The normalized spacial score (nSPS) is 15.8. The zero-order chi connectivity index (χ0) is 28.5. The molecule has 0 saturated carbocycles. The number of carbonyl (C=O) groups is 2. The van der Waals surface area contributed by atoms with Gasteiger partial charge in [-0.2, -0.15) is 0 Å². The van der Waals surface area contributed by atoms with Crippen molar-refractivity contribution in [3.63, 3.8) is 0 Å². The van der Waals surface area contributed by atoms with Crippen LogP contribution in [0.3, 0.4) is 0 Å². The summed E-state index contributed by atoms with van der Waals surface area (Å²) >= 11 is 0. The average Bonchev–Trinajstić information content (AvgIpc) is 3.39. The molecule has 8 nitrogen and oxygen atoms in total. The number of ether oxygens (including phenoxy) is 2. The molecule has 2 amide bonds. The fourth-order valence-corrected chi connectivity index (χ4v) is 4.95. The van der Waals surface area contributed by atoms with E-state index in [1.807, 2.05) is 73.7 Å². The molecule has 0 aliphatic carbocycles. The van der Waals surface area contributed by atoms with Crippen LogP contribution in [-0.2, 0) is 31.9 Å². The number of nitrogens with one attached hydrogen (secondary N) is 1. The number of amides is 2. The van der Waals surface area contributed by atoms with Crippen LogP contribution < -0.4 is 22.5 Å². The Morgan fingerprint density at radius 3 is 1.80 bits per heavy atom. The van der Waals surface area contributed by atoms with Crippen LogP contribution in [-0.4, -0.2) is 49.4 Å². The Labute approximate surface area is 234 Å². The molecule has 2 atom stereocenters. The van der Waals surface area contributed by atoms with Gasteiger partial charge in [-0.05, 0) is 52.4 Å². The summed E-state index contributed by atoms with van der Waals surface area (Å²) in [6.07, 6.45) is 1.72. The van der Waals surface area contributed by atoms with Crippen LogP contribution >= 0.6 is 0 Å². The number of benzene rings is 4. The van der Waals surface area contributed by atoms with Crippen molar-refractivity contribution >= 4 is 33.4 Å². The number of hydrogen-bond donors (Lipinski definition) is 4. The Morgan fingerprint density at radius 1 is 0.775 bits per heavy atom. The second kappa shape index (κ2) is 13.5. The number of hydrogen-bond acceptors (Lipinski definition) is 6. The van der Waals surface area contributed by atoms with Crippen LogP contribution in [0, 0.1) is 0 Å². The van der Waals surface area contributed by atoms with E-state index in [-0.39, 0.29) is 5.91 Å². The van der Waals surface area contributed by atoms with E-state index in [9.17, 15) is 9.59 Å². The molecule has 40 heavy (non-hydrogen) atoms. The van der Waals surface area contributed by atoms with E-state index in [0.29, 0.717) is 39.0 Å². The number of nitrogens with two attached hydrogens (primary N) is 3. The first-order chi connectivity index (χ1) is 19.3. The first kappa shape index (κ1) is 29.2. The Bertz CT molecular complexity index is 1440. The van der Waals surface area contributed by atoms with Gasteiger partial charge in [0.15, 0.2) is 5.79 Å². The van der Waals surface area contributed by atoms with Crippen LogP contribution in [0.1, 0.15) is 24.5 Å². The van der Waals surface area contributed by atoms with Gasteiger partial charge in [-0.15, -0.1) is 0 Å². The van der Waals surface area contributed by atoms with E-state index in [4.69, 9.17) is 26.7 Å². The summed E-state index contributed by atoms with van der Waals surface area (Å²) in [5.41, 5.74) is 18.6. The van der Waals surface area contributed by atoms with Gasteiger partial charge in [0.05, 0.1) is 25.3 Å². The Hall–Kier alpha value is -3.82. The minimum Gasteiger partial charge on any atom is -0.368 e. The standard InChI is InChI=1S/C19H24N2O3.C13H14N2O/c1-19(23-11-12-24-19)9-10-21-17(18(20)22)13-15-7-4-6-14-5-2-3-8-16(14)15;14-12(13(15)16)8-10-6-3-5-9-4-1-2-7-11(9)10/h2-8,17,21H,9-13H2,1H3,(H2,20,22);1-7,12H,8,14H2,(H2,15,16). The molecule has 4 aromatic carbocycles. The molecule has 1 aliphatic rings. The molecule has 5 rings (SSSR count). The molecule has 4 aromatic rings. The first-order valence-corrected chi connectivity index (χ1v) is 13.5. The predicted molar refractivity (Wildman–Crippen MR) is 158 cm³/mol. The lowest BCUT2D eigenvalue weighted by Crippen LogP contribution is -2.45. The van der Waals surface area contributed by atoms with Crippen molar-refractivity contribution in [1.29, 1.82) is 0 Å². The quantitative estimate of drug-likeness (QED) is 0.242. The van der Waals surface area contributed by atoms with Crippen molar-refractivity contribution < 1.29 is 19.1 Å². The van der Waals surface area contributed by atoms with Gasteiger partial charge in [0.2, 0.25) is 11.8 Å². The summed E-state index contributed by atoms with van der Waals surface area (Å²) in [6.45, 7) is 3.76. The van der Waals surface area contributed by atoms with Crippen molar-refractivity contribution in [2.75, 3.05) is 19.8 Å². The summed E-state index contributed by atoms with van der Waals surface area (Å²) in [4.78, 5) is 22.8. The molecule has 0 spiro atoms. The van der Waals surface area contributed by atoms with Gasteiger partial charge >= 0.3 is 0 Å². The highest BCUT2D eigenvalue weighted by Crippen LogP contribution is 2.23. The fourth-order valence-electron chi connectivity index (χ4n) is 4.95. The molecule has 0 radical (unpaired) electrons. The second-order valence-electron chi connectivity index (χ2n) is 10.2. The van der Waals surface area contributed by atoms with Gasteiger partial charge in [0.25, 0.3) is 0 Å². The van der Waals surface area contributed by atoms with E-state index < -0.39 is 23.8 Å². The maximum Gasteiger partial charge on any atom is 0.234 e. The Morgan fingerprint density at radius 2 is 1.27 bits per heavy atom. The van der Waals surface area contributed by atoms with E-state index >= 15 is 0 Å². The monoisotopic (exact) mass is 542 g/mol. The largest absolute Gasteiger partial charge is 0.368 e. The smallest absolute Gasteiger partial charge is 0.234 e. The molecule has 8 heteroatoms. The van der Waals surface area contributed by atoms with Crippen LogP contribution in [0.15, 0.2) is 84.9 Å². The third-order valence-electron chi connectivity index (χ3n) is 7.20. The van der Waals surface area contributed by atoms with E-state index in [0.717, 1.165) is 27.3 Å². The van der Waals surface area contributed by atoms with Crippen molar-refractivity contribution in [2.45, 2.75) is 44.1 Å². The first-order valence-electron chi connectivity index (χ1n) is 13.5. The van der Waals surface area contributed by atoms with E-state index in [1.54, 1.807) is 0 Å². The van der Waals surface area contributed by atoms with Gasteiger partial charge in [0.1, 0.15) is 0 Å². The average molecular weight is 543 g/mol. The lowest BCUT2D eigenvalue weighted by molar-refractivity contribution is -0.146. The fraction of sp³-hybridized carbons (Fsp3) is 0.312. The van der Waals surface area contributed by atoms with Crippen LogP contribution in [0.2, 0.25) is 0 Å². The molecule has 2 unspecified atom stereocenters. The van der Waals surface area contributed by atoms with Gasteiger partial charge in [0, 0.05) is 13.0 Å². The zero-order valence-corrected chi connectivity index (χ0v) is 22.8. The number of fused-ring (bicyclic) bond motifs is 2.